The van der Waals surface area contributed by atoms with Gasteiger partial charge in [0.15, 0.2) is 0 Å². The summed E-state index contributed by atoms with van der Waals surface area (Å²) in [7, 11) is 2.91. The number of amides is 1. The Kier molecular flexibility index (Phi) is 4.42. The Bertz CT molecular complexity index is 653. The first-order chi connectivity index (χ1) is 9.54. The number of methoxy groups -OCH3 is 1. The minimum atomic E-state index is -0.482. The maximum atomic E-state index is 12.3. The molecule has 1 heterocycles. The molecule has 1 amide bonds. The van der Waals surface area contributed by atoms with Crippen molar-refractivity contribution >= 4 is 40.5 Å². The van der Waals surface area contributed by atoms with E-state index in [1.165, 1.54) is 23.3 Å². The third-order valence-electron chi connectivity index (χ3n) is 2.76. The minimum Gasteiger partial charge on any atom is -0.465 e. The van der Waals surface area contributed by atoms with Gasteiger partial charge in [-0.1, -0.05) is 23.7 Å². The van der Waals surface area contributed by atoms with E-state index in [4.69, 9.17) is 16.3 Å². The predicted molar refractivity (Wildman–Crippen MR) is 79.8 cm³/mol. The van der Waals surface area contributed by atoms with Crippen LogP contribution in [-0.4, -0.2) is 26.0 Å². The molecule has 0 spiro atoms. The average Bonchev–Trinajstić information content (AvgIpc) is 2.91. The lowest BCUT2D eigenvalue weighted by atomic mass is 10.1. The second-order valence-electron chi connectivity index (χ2n) is 3.98. The predicted octanol–water partition coefficient (Wildman–Crippen LogP) is 3.46. The molecular weight excluding hydrogens is 298 g/mol. The quantitative estimate of drug-likeness (QED) is 0.816. The number of rotatable bonds is 3. The van der Waals surface area contributed by atoms with E-state index in [2.05, 4.69) is 0 Å². The van der Waals surface area contributed by atoms with Crippen molar-refractivity contribution in [3.63, 3.8) is 0 Å². The summed E-state index contributed by atoms with van der Waals surface area (Å²) in [6.45, 7) is 0. The molecule has 20 heavy (non-hydrogen) atoms. The van der Waals surface area contributed by atoms with Crippen LogP contribution in [0.15, 0.2) is 36.4 Å². The number of benzene rings is 1. The molecule has 0 unspecified atom stereocenters. The van der Waals surface area contributed by atoms with E-state index < -0.39 is 5.97 Å². The van der Waals surface area contributed by atoms with Crippen LogP contribution in [0.25, 0.3) is 0 Å². The number of para-hydroxylation sites is 1. The fourth-order valence-electron chi connectivity index (χ4n) is 1.75. The van der Waals surface area contributed by atoms with Gasteiger partial charge in [-0.05, 0) is 24.3 Å². The number of carbonyl (C=O) groups is 2. The Balaban J connectivity index is 2.36. The van der Waals surface area contributed by atoms with E-state index in [1.54, 1.807) is 43.4 Å². The number of hydrogen-bond acceptors (Lipinski definition) is 4. The molecule has 1 aromatic heterocycles. The van der Waals surface area contributed by atoms with Gasteiger partial charge < -0.3 is 9.64 Å². The summed E-state index contributed by atoms with van der Waals surface area (Å²) in [5, 5.41) is 0. The van der Waals surface area contributed by atoms with E-state index in [1.807, 2.05) is 0 Å². The van der Waals surface area contributed by atoms with Gasteiger partial charge in [0.1, 0.15) is 0 Å². The molecule has 2 rings (SSSR count). The van der Waals surface area contributed by atoms with Gasteiger partial charge in [0.25, 0.3) is 5.91 Å². The van der Waals surface area contributed by atoms with Crippen LogP contribution < -0.4 is 4.90 Å². The third kappa shape index (κ3) is 2.84. The second kappa shape index (κ2) is 6.07. The number of halogens is 1. The number of thiophene rings is 1. The average molecular weight is 310 g/mol. The molecule has 4 nitrogen and oxygen atoms in total. The van der Waals surface area contributed by atoms with Crippen LogP contribution in [0.2, 0.25) is 4.34 Å². The SMILES string of the molecule is COC(=O)c1ccccc1N(C)C(=O)c1ccc(Cl)s1. The van der Waals surface area contributed by atoms with E-state index in [-0.39, 0.29) is 5.91 Å². The van der Waals surface area contributed by atoms with Gasteiger partial charge in [-0.2, -0.15) is 0 Å². The van der Waals surface area contributed by atoms with Crippen molar-refractivity contribution in [1.29, 1.82) is 0 Å². The molecule has 0 saturated heterocycles. The number of nitrogens with zero attached hydrogens (tertiary/aromatic N) is 1. The lowest BCUT2D eigenvalue weighted by Crippen LogP contribution is -2.27. The molecule has 2 aromatic rings. The lowest BCUT2D eigenvalue weighted by Gasteiger charge is -2.19. The summed E-state index contributed by atoms with van der Waals surface area (Å²) in [6.07, 6.45) is 0. The van der Waals surface area contributed by atoms with Crippen LogP contribution in [0, 0.1) is 0 Å². The molecule has 0 radical (unpaired) electrons. The smallest absolute Gasteiger partial charge is 0.339 e. The molecule has 0 aliphatic heterocycles. The Morgan fingerprint density at radius 3 is 2.50 bits per heavy atom. The highest BCUT2D eigenvalue weighted by molar-refractivity contribution is 7.18. The molecule has 0 atom stereocenters. The summed E-state index contributed by atoms with van der Waals surface area (Å²) in [6, 6.07) is 10.1. The van der Waals surface area contributed by atoms with E-state index >= 15 is 0 Å². The van der Waals surface area contributed by atoms with Crippen LogP contribution in [-0.2, 0) is 4.74 Å². The highest BCUT2D eigenvalue weighted by Gasteiger charge is 2.20. The van der Waals surface area contributed by atoms with Gasteiger partial charge >= 0.3 is 5.97 Å². The maximum absolute atomic E-state index is 12.3. The highest BCUT2D eigenvalue weighted by Crippen LogP contribution is 2.26. The summed E-state index contributed by atoms with van der Waals surface area (Å²) in [5.74, 6) is -0.706. The number of ether oxygens (including phenoxy) is 1. The number of hydrogen-bond donors (Lipinski definition) is 0. The van der Waals surface area contributed by atoms with E-state index in [0.29, 0.717) is 20.5 Å². The van der Waals surface area contributed by atoms with Gasteiger partial charge in [-0.15, -0.1) is 11.3 Å². The molecule has 104 valence electrons. The van der Waals surface area contributed by atoms with Crippen LogP contribution in [0.4, 0.5) is 5.69 Å². The number of carbonyl (C=O) groups excluding carboxylic acids is 2. The maximum Gasteiger partial charge on any atom is 0.339 e. The topological polar surface area (TPSA) is 46.6 Å². The van der Waals surface area contributed by atoms with Gasteiger partial charge in [0, 0.05) is 7.05 Å². The normalized spacial score (nSPS) is 10.2. The molecule has 0 saturated carbocycles. The summed E-state index contributed by atoms with van der Waals surface area (Å²) < 4.78 is 5.27. The van der Waals surface area contributed by atoms with Crippen molar-refractivity contribution in [3.8, 4) is 0 Å². The van der Waals surface area contributed by atoms with Crippen LogP contribution in [0.1, 0.15) is 20.0 Å². The molecule has 6 heteroatoms. The molecule has 0 N–H and O–H groups in total. The van der Waals surface area contributed by atoms with Crippen LogP contribution in [0.5, 0.6) is 0 Å². The van der Waals surface area contributed by atoms with Crippen molar-refractivity contribution < 1.29 is 14.3 Å². The lowest BCUT2D eigenvalue weighted by molar-refractivity contribution is 0.0601. The van der Waals surface area contributed by atoms with Crippen molar-refractivity contribution in [2.24, 2.45) is 0 Å². The van der Waals surface area contributed by atoms with Crippen molar-refractivity contribution in [2.45, 2.75) is 0 Å². The number of esters is 1. The first-order valence-electron chi connectivity index (χ1n) is 5.75. The Hall–Kier alpha value is -1.85. The molecule has 0 bridgehead atoms. The van der Waals surface area contributed by atoms with Crippen LogP contribution in [0.3, 0.4) is 0 Å². The Morgan fingerprint density at radius 1 is 1.20 bits per heavy atom. The van der Waals surface area contributed by atoms with Crippen molar-refractivity contribution in [3.05, 3.63) is 51.2 Å². The van der Waals surface area contributed by atoms with E-state index in [9.17, 15) is 9.59 Å². The van der Waals surface area contributed by atoms with Gasteiger partial charge in [-0.25, -0.2) is 4.79 Å². The fourth-order valence-corrected chi connectivity index (χ4v) is 2.77. The van der Waals surface area contributed by atoms with Crippen molar-refractivity contribution in [2.75, 3.05) is 19.1 Å². The highest BCUT2D eigenvalue weighted by atomic mass is 35.5. The monoisotopic (exact) mass is 309 g/mol. The zero-order valence-corrected chi connectivity index (χ0v) is 12.5. The summed E-state index contributed by atoms with van der Waals surface area (Å²) in [4.78, 5) is 26.0. The number of anilines is 1. The molecule has 0 fully saturated rings. The largest absolute Gasteiger partial charge is 0.465 e. The molecule has 0 aliphatic carbocycles. The van der Waals surface area contributed by atoms with Gasteiger partial charge in [0.2, 0.25) is 0 Å². The third-order valence-corrected chi connectivity index (χ3v) is 3.98. The minimum absolute atomic E-state index is 0.224. The Morgan fingerprint density at radius 2 is 1.90 bits per heavy atom. The second-order valence-corrected chi connectivity index (χ2v) is 5.69. The van der Waals surface area contributed by atoms with E-state index in [0.717, 1.165) is 0 Å². The fraction of sp³-hybridized carbons (Fsp3) is 0.143. The zero-order valence-electron chi connectivity index (χ0n) is 10.9. The standard InChI is InChI=1S/C14H12ClNO3S/c1-16(13(17)11-7-8-12(15)20-11)10-6-4-3-5-9(10)14(18)19-2/h3-8H,1-2H3. The van der Waals surface area contributed by atoms with Crippen molar-refractivity contribution in [1.82, 2.24) is 0 Å². The van der Waals surface area contributed by atoms with Crippen LogP contribution >= 0.6 is 22.9 Å². The first-order valence-corrected chi connectivity index (χ1v) is 6.94. The molecule has 1 aromatic carbocycles. The first kappa shape index (κ1) is 14.6. The summed E-state index contributed by atoms with van der Waals surface area (Å²) in [5.41, 5.74) is 0.836. The zero-order chi connectivity index (χ0) is 14.7. The van der Waals surface area contributed by atoms with Gasteiger partial charge in [0.05, 0.1) is 27.6 Å². The Labute approximate surface area is 125 Å². The van der Waals surface area contributed by atoms with Gasteiger partial charge in [-0.3, -0.25) is 4.79 Å². The molecule has 0 aliphatic rings. The summed E-state index contributed by atoms with van der Waals surface area (Å²) >= 11 is 7.03. The molecular formula is C14H12ClNO3S.